The summed E-state index contributed by atoms with van der Waals surface area (Å²) < 4.78 is 5.71. The number of ether oxygens (including phenoxy) is 1. The Bertz CT molecular complexity index is 577. The third-order valence-electron chi connectivity index (χ3n) is 3.66. The number of rotatable bonds is 5. The summed E-state index contributed by atoms with van der Waals surface area (Å²) in [6.07, 6.45) is 0. The number of aryl methyl sites for hydroxylation is 1. The van der Waals surface area contributed by atoms with Crippen LogP contribution in [0.1, 0.15) is 36.6 Å². The second-order valence-corrected chi connectivity index (χ2v) is 5.08. The Labute approximate surface area is 121 Å². The van der Waals surface area contributed by atoms with Gasteiger partial charge in [-0.25, -0.2) is 0 Å². The molecule has 1 N–H and O–H groups in total. The molecule has 0 saturated carbocycles. The topological polar surface area (TPSA) is 21.3 Å². The highest BCUT2D eigenvalue weighted by molar-refractivity contribution is 5.55. The molecule has 2 heteroatoms. The van der Waals surface area contributed by atoms with E-state index in [2.05, 4.69) is 56.4 Å². The van der Waals surface area contributed by atoms with Gasteiger partial charge in [0, 0.05) is 11.3 Å². The maximum atomic E-state index is 5.71. The summed E-state index contributed by atoms with van der Waals surface area (Å²) in [7, 11) is 0. The Hall–Kier alpha value is -1.96. The maximum absolute atomic E-state index is 5.71. The first-order valence-corrected chi connectivity index (χ1v) is 7.18. The van der Waals surface area contributed by atoms with Crippen molar-refractivity contribution in [1.82, 2.24) is 0 Å². The molecular formula is C18H23NO. The van der Waals surface area contributed by atoms with E-state index in [-0.39, 0.29) is 6.04 Å². The highest BCUT2D eigenvalue weighted by atomic mass is 16.5. The number of anilines is 1. The van der Waals surface area contributed by atoms with Gasteiger partial charge in [-0.2, -0.15) is 0 Å². The zero-order valence-electron chi connectivity index (χ0n) is 12.7. The first-order chi connectivity index (χ1) is 9.63. The Morgan fingerprint density at radius 1 is 1.05 bits per heavy atom. The van der Waals surface area contributed by atoms with Crippen LogP contribution in [0.25, 0.3) is 0 Å². The van der Waals surface area contributed by atoms with Crippen molar-refractivity contribution in [1.29, 1.82) is 0 Å². The first kappa shape index (κ1) is 14.4. The van der Waals surface area contributed by atoms with Crippen LogP contribution in [-0.2, 0) is 0 Å². The van der Waals surface area contributed by atoms with Gasteiger partial charge in [-0.1, -0.05) is 30.3 Å². The summed E-state index contributed by atoms with van der Waals surface area (Å²) >= 11 is 0. The molecular weight excluding hydrogens is 246 g/mol. The van der Waals surface area contributed by atoms with Crippen molar-refractivity contribution in [3.8, 4) is 5.75 Å². The molecule has 0 aliphatic heterocycles. The molecule has 2 aromatic carbocycles. The van der Waals surface area contributed by atoms with Crippen LogP contribution < -0.4 is 10.1 Å². The molecule has 0 spiro atoms. The fraction of sp³-hybridized carbons (Fsp3) is 0.333. The van der Waals surface area contributed by atoms with Crippen LogP contribution in [-0.4, -0.2) is 6.61 Å². The van der Waals surface area contributed by atoms with Gasteiger partial charge >= 0.3 is 0 Å². The highest BCUT2D eigenvalue weighted by Crippen LogP contribution is 2.29. The minimum Gasteiger partial charge on any atom is -0.494 e. The van der Waals surface area contributed by atoms with Gasteiger partial charge in [0.1, 0.15) is 5.75 Å². The average Bonchev–Trinajstić information content (AvgIpc) is 2.45. The van der Waals surface area contributed by atoms with Crippen molar-refractivity contribution in [2.75, 3.05) is 11.9 Å². The van der Waals surface area contributed by atoms with E-state index in [1.165, 1.54) is 22.4 Å². The Kier molecular flexibility index (Phi) is 4.67. The Morgan fingerprint density at radius 3 is 2.55 bits per heavy atom. The van der Waals surface area contributed by atoms with Crippen molar-refractivity contribution in [3.63, 3.8) is 0 Å². The Morgan fingerprint density at radius 2 is 1.80 bits per heavy atom. The van der Waals surface area contributed by atoms with Crippen LogP contribution >= 0.6 is 0 Å². The number of benzene rings is 2. The normalized spacial score (nSPS) is 12.0. The summed E-state index contributed by atoms with van der Waals surface area (Å²) in [6.45, 7) is 9.16. The van der Waals surface area contributed by atoms with Crippen molar-refractivity contribution in [3.05, 3.63) is 59.2 Å². The number of hydrogen-bond acceptors (Lipinski definition) is 2. The molecule has 2 nitrogen and oxygen atoms in total. The summed E-state index contributed by atoms with van der Waals surface area (Å²) in [5.41, 5.74) is 4.98. The monoisotopic (exact) mass is 269 g/mol. The molecule has 0 radical (unpaired) electrons. The lowest BCUT2D eigenvalue weighted by atomic mass is 10.0. The van der Waals surface area contributed by atoms with Crippen LogP contribution in [0.15, 0.2) is 42.5 Å². The average molecular weight is 269 g/mol. The van der Waals surface area contributed by atoms with Crippen LogP contribution in [0, 0.1) is 13.8 Å². The third-order valence-corrected chi connectivity index (χ3v) is 3.66. The molecule has 0 aliphatic rings. The van der Waals surface area contributed by atoms with E-state index in [9.17, 15) is 0 Å². The summed E-state index contributed by atoms with van der Waals surface area (Å²) in [4.78, 5) is 0. The van der Waals surface area contributed by atoms with Crippen LogP contribution in [0.5, 0.6) is 5.75 Å². The fourth-order valence-corrected chi connectivity index (χ4v) is 2.34. The van der Waals surface area contributed by atoms with E-state index in [4.69, 9.17) is 4.74 Å². The van der Waals surface area contributed by atoms with E-state index in [1.807, 2.05) is 19.1 Å². The van der Waals surface area contributed by atoms with Crippen LogP contribution in [0.2, 0.25) is 0 Å². The molecule has 0 saturated heterocycles. The summed E-state index contributed by atoms with van der Waals surface area (Å²) in [5, 5.41) is 3.59. The first-order valence-electron chi connectivity index (χ1n) is 7.18. The molecule has 2 rings (SSSR count). The fourth-order valence-electron chi connectivity index (χ4n) is 2.34. The molecule has 0 fully saturated rings. The third kappa shape index (κ3) is 3.13. The van der Waals surface area contributed by atoms with E-state index < -0.39 is 0 Å². The number of para-hydroxylation sites is 1. The van der Waals surface area contributed by atoms with Gasteiger partial charge in [0.25, 0.3) is 0 Å². The predicted molar refractivity (Wildman–Crippen MR) is 85.6 cm³/mol. The lowest BCUT2D eigenvalue weighted by molar-refractivity contribution is 0.335. The lowest BCUT2D eigenvalue weighted by Gasteiger charge is -2.20. The molecule has 0 bridgehead atoms. The molecule has 0 amide bonds. The zero-order chi connectivity index (χ0) is 14.5. The molecule has 0 aliphatic carbocycles. The molecule has 0 heterocycles. The zero-order valence-corrected chi connectivity index (χ0v) is 12.7. The minimum atomic E-state index is 0.207. The standard InChI is InChI=1S/C18H23NO/c1-5-20-18-12-7-6-10-16(18)15(4)19-17-11-8-9-13(2)14(17)3/h6-12,15,19H,5H2,1-4H3. The van der Waals surface area contributed by atoms with E-state index in [0.29, 0.717) is 6.61 Å². The number of nitrogens with one attached hydrogen (secondary N) is 1. The maximum Gasteiger partial charge on any atom is 0.124 e. The minimum absolute atomic E-state index is 0.207. The molecule has 2 aromatic rings. The van der Waals surface area contributed by atoms with Gasteiger partial charge in [-0.3, -0.25) is 0 Å². The van der Waals surface area contributed by atoms with Crippen molar-refractivity contribution in [2.45, 2.75) is 33.7 Å². The van der Waals surface area contributed by atoms with E-state index in [0.717, 1.165) is 5.75 Å². The molecule has 106 valence electrons. The second kappa shape index (κ2) is 6.47. The molecule has 0 aromatic heterocycles. The van der Waals surface area contributed by atoms with Crippen molar-refractivity contribution in [2.24, 2.45) is 0 Å². The van der Waals surface area contributed by atoms with Gasteiger partial charge in [-0.05, 0) is 51.0 Å². The van der Waals surface area contributed by atoms with Gasteiger partial charge in [-0.15, -0.1) is 0 Å². The summed E-state index contributed by atoms with van der Waals surface area (Å²) in [6, 6.07) is 14.8. The van der Waals surface area contributed by atoms with Gasteiger partial charge in [0.2, 0.25) is 0 Å². The second-order valence-electron chi connectivity index (χ2n) is 5.08. The van der Waals surface area contributed by atoms with E-state index in [1.54, 1.807) is 0 Å². The van der Waals surface area contributed by atoms with Crippen molar-refractivity contribution >= 4 is 5.69 Å². The smallest absolute Gasteiger partial charge is 0.124 e. The molecule has 1 atom stereocenters. The van der Waals surface area contributed by atoms with Crippen LogP contribution in [0.3, 0.4) is 0 Å². The SMILES string of the molecule is CCOc1ccccc1C(C)Nc1cccc(C)c1C. The lowest BCUT2D eigenvalue weighted by Crippen LogP contribution is -2.10. The predicted octanol–water partition coefficient (Wildman–Crippen LogP) is 4.88. The molecule has 1 unspecified atom stereocenters. The largest absolute Gasteiger partial charge is 0.494 e. The van der Waals surface area contributed by atoms with Crippen molar-refractivity contribution < 1.29 is 4.74 Å². The summed E-state index contributed by atoms with van der Waals surface area (Å²) in [5.74, 6) is 0.959. The Balaban J connectivity index is 2.24. The van der Waals surface area contributed by atoms with Gasteiger partial charge < -0.3 is 10.1 Å². The highest BCUT2D eigenvalue weighted by Gasteiger charge is 2.12. The van der Waals surface area contributed by atoms with Gasteiger partial charge in [0.05, 0.1) is 12.6 Å². The van der Waals surface area contributed by atoms with Gasteiger partial charge in [0.15, 0.2) is 0 Å². The number of hydrogen-bond donors (Lipinski definition) is 1. The quantitative estimate of drug-likeness (QED) is 0.835. The van der Waals surface area contributed by atoms with Crippen LogP contribution in [0.4, 0.5) is 5.69 Å². The molecule has 20 heavy (non-hydrogen) atoms. The van der Waals surface area contributed by atoms with E-state index >= 15 is 0 Å².